The SMILES string of the molecule is COc1ccc(C2=C/C(=C3/c4ccccc4-c4ncccc43)C(=O)O2)cc1. The standard InChI is InChI=1S/C23H15NO3/c1-26-15-10-8-14(9-11-15)20-13-19(23(25)27-20)21-16-5-2-3-6-17(16)22-18(21)7-4-12-24-22/h2-13H,1H3/b21-19+. The van der Waals surface area contributed by atoms with E-state index in [-0.39, 0.29) is 5.97 Å². The highest BCUT2D eigenvalue weighted by molar-refractivity contribution is 6.14. The van der Waals surface area contributed by atoms with E-state index in [1.165, 1.54) is 0 Å². The highest BCUT2D eigenvalue weighted by Gasteiger charge is 2.32. The smallest absolute Gasteiger partial charge is 0.344 e. The summed E-state index contributed by atoms with van der Waals surface area (Å²) in [5.41, 5.74) is 6.16. The first kappa shape index (κ1) is 15.6. The summed E-state index contributed by atoms with van der Waals surface area (Å²) in [4.78, 5) is 17.2. The predicted molar refractivity (Wildman–Crippen MR) is 103 cm³/mol. The molecule has 0 radical (unpaired) electrons. The van der Waals surface area contributed by atoms with Crippen molar-refractivity contribution in [2.75, 3.05) is 7.11 Å². The Labute approximate surface area is 156 Å². The van der Waals surface area contributed by atoms with E-state index in [9.17, 15) is 4.79 Å². The van der Waals surface area contributed by atoms with Crippen LogP contribution in [-0.4, -0.2) is 18.1 Å². The Morgan fingerprint density at radius 2 is 1.63 bits per heavy atom. The minimum Gasteiger partial charge on any atom is -0.497 e. The first-order valence-corrected chi connectivity index (χ1v) is 8.64. The van der Waals surface area contributed by atoms with Gasteiger partial charge in [0.2, 0.25) is 0 Å². The number of benzene rings is 2. The minimum absolute atomic E-state index is 0.345. The molecular weight excluding hydrogens is 338 g/mol. The van der Waals surface area contributed by atoms with Crippen LogP contribution >= 0.6 is 0 Å². The molecule has 3 aromatic rings. The fraction of sp³-hybridized carbons (Fsp3) is 0.0435. The predicted octanol–water partition coefficient (Wildman–Crippen LogP) is 4.47. The number of aromatic nitrogens is 1. The van der Waals surface area contributed by atoms with Crippen molar-refractivity contribution in [3.63, 3.8) is 0 Å². The maximum absolute atomic E-state index is 12.7. The zero-order chi connectivity index (χ0) is 18.4. The second kappa shape index (κ2) is 5.95. The molecule has 4 heteroatoms. The number of cyclic esters (lactones) is 1. The lowest BCUT2D eigenvalue weighted by atomic mass is 9.98. The van der Waals surface area contributed by atoms with Crippen LogP contribution in [0.3, 0.4) is 0 Å². The maximum Gasteiger partial charge on any atom is 0.344 e. The fourth-order valence-electron chi connectivity index (χ4n) is 3.61. The van der Waals surface area contributed by atoms with Crippen LogP contribution in [0.5, 0.6) is 5.75 Å². The average molecular weight is 353 g/mol. The second-order valence-electron chi connectivity index (χ2n) is 6.36. The highest BCUT2D eigenvalue weighted by Crippen LogP contribution is 2.46. The molecule has 2 aliphatic rings. The van der Waals surface area contributed by atoms with E-state index < -0.39 is 0 Å². The number of carbonyl (C=O) groups is 1. The lowest BCUT2D eigenvalue weighted by molar-refractivity contribution is -0.130. The van der Waals surface area contributed by atoms with Crippen molar-refractivity contribution >= 4 is 17.3 Å². The molecule has 0 bridgehead atoms. The van der Waals surface area contributed by atoms with Gasteiger partial charge in [-0.15, -0.1) is 0 Å². The third kappa shape index (κ3) is 2.38. The van der Waals surface area contributed by atoms with Crippen molar-refractivity contribution in [3.8, 4) is 17.0 Å². The molecule has 0 N–H and O–H groups in total. The number of hydrogen-bond donors (Lipinski definition) is 0. The molecule has 0 unspecified atom stereocenters. The number of hydrogen-bond acceptors (Lipinski definition) is 4. The van der Waals surface area contributed by atoms with Crippen molar-refractivity contribution < 1.29 is 14.3 Å². The molecule has 27 heavy (non-hydrogen) atoms. The van der Waals surface area contributed by atoms with Crippen molar-refractivity contribution in [2.24, 2.45) is 0 Å². The van der Waals surface area contributed by atoms with E-state index in [1.54, 1.807) is 13.3 Å². The number of esters is 1. The molecule has 0 fully saturated rings. The minimum atomic E-state index is -0.345. The van der Waals surface area contributed by atoms with E-state index in [0.29, 0.717) is 11.3 Å². The molecule has 1 aliphatic heterocycles. The monoisotopic (exact) mass is 353 g/mol. The number of methoxy groups -OCH3 is 1. The van der Waals surface area contributed by atoms with Crippen LogP contribution in [0.25, 0.3) is 22.6 Å². The van der Waals surface area contributed by atoms with Gasteiger partial charge in [0.15, 0.2) is 0 Å². The van der Waals surface area contributed by atoms with E-state index in [2.05, 4.69) is 4.98 Å². The number of rotatable bonds is 2. The number of nitrogens with zero attached hydrogens (tertiary/aromatic N) is 1. The van der Waals surface area contributed by atoms with Crippen LogP contribution in [-0.2, 0) is 9.53 Å². The number of fused-ring (bicyclic) bond motifs is 3. The molecule has 2 heterocycles. The second-order valence-corrected chi connectivity index (χ2v) is 6.36. The quantitative estimate of drug-likeness (QED) is 0.394. The third-order valence-electron chi connectivity index (χ3n) is 4.87. The van der Waals surface area contributed by atoms with Crippen LogP contribution < -0.4 is 4.74 Å². The van der Waals surface area contributed by atoms with E-state index >= 15 is 0 Å². The Hall–Kier alpha value is -3.66. The zero-order valence-electron chi connectivity index (χ0n) is 14.6. The molecule has 0 spiro atoms. The molecule has 1 aromatic heterocycles. The Bertz CT molecular complexity index is 1090. The highest BCUT2D eigenvalue weighted by atomic mass is 16.5. The number of pyridine rings is 1. The average Bonchev–Trinajstić information content (AvgIpc) is 3.26. The van der Waals surface area contributed by atoms with Crippen LogP contribution in [0, 0.1) is 0 Å². The molecule has 0 atom stereocenters. The van der Waals surface area contributed by atoms with E-state index in [1.807, 2.05) is 66.7 Å². The summed E-state index contributed by atoms with van der Waals surface area (Å²) >= 11 is 0. The molecule has 130 valence electrons. The Morgan fingerprint density at radius 3 is 2.41 bits per heavy atom. The van der Waals surface area contributed by atoms with Crippen molar-refractivity contribution in [1.82, 2.24) is 4.98 Å². The summed E-state index contributed by atoms with van der Waals surface area (Å²) < 4.78 is 10.8. The Balaban J connectivity index is 1.69. The molecule has 2 aromatic carbocycles. The van der Waals surface area contributed by atoms with Gasteiger partial charge >= 0.3 is 5.97 Å². The van der Waals surface area contributed by atoms with Gasteiger partial charge in [0.05, 0.1) is 18.4 Å². The van der Waals surface area contributed by atoms with Gasteiger partial charge in [-0.25, -0.2) is 4.79 Å². The largest absolute Gasteiger partial charge is 0.497 e. The Morgan fingerprint density at radius 1 is 0.889 bits per heavy atom. The number of carbonyl (C=O) groups excluding carboxylic acids is 1. The van der Waals surface area contributed by atoms with Gasteiger partial charge in [0, 0.05) is 28.5 Å². The molecule has 1 aliphatic carbocycles. The van der Waals surface area contributed by atoms with E-state index in [4.69, 9.17) is 9.47 Å². The summed E-state index contributed by atoms with van der Waals surface area (Å²) in [5.74, 6) is 0.953. The van der Waals surface area contributed by atoms with Gasteiger partial charge in [-0.3, -0.25) is 4.98 Å². The summed E-state index contributed by atoms with van der Waals surface area (Å²) in [6.07, 6.45) is 3.59. The molecule has 0 saturated heterocycles. The lowest BCUT2D eigenvalue weighted by Crippen LogP contribution is -2.00. The van der Waals surface area contributed by atoms with Crippen molar-refractivity contribution in [3.05, 3.63) is 95.2 Å². The molecule has 4 nitrogen and oxygen atoms in total. The molecule has 0 amide bonds. The van der Waals surface area contributed by atoms with Gasteiger partial charge in [-0.05, 0) is 42.0 Å². The first-order valence-electron chi connectivity index (χ1n) is 8.64. The van der Waals surface area contributed by atoms with Crippen LogP contribution in [0.15, 0.2) is 78.5 Å². The summed E-state index contributed by atoms with van der Waals surface area (Å²) in [6, 6.07) is 19.3. The Kier molecular flexibility index (Phi) is 3.44. The van der Waals surface area contributed by atoms with Gasteiger partial charge < -0.3 is 9.47 Å². The van der Waals surface area contributed by atoms with Crippen LogP contribution in [0.1, 0.15) is 16.7 Å². The first-order chi connectivity index (χ1) is 13.3. The van der Waals surface area contributed by atoms with Crippen molar-refractivity contribution in [1.29, 1.82) is 0 Å². The summed E-state index contributed by atoms with van der Waals surface area (Å²) in [6.45, 7) is 0. The summed E-state index contributed by atoms with van der Waals surface area (Å²) in [5, 5.41) is 0. The van der Waals surface area contributed by atoms with Crippen molar-refractivity contribution in [2.45, 2.75) is 0 Å². The fourth-order valence-corrected chi connectivity index (χ4v) is 3.61. The maximum atomic E-state index is 12.7. The van der Waals surface area contributed by atoms with Gasteiger partial charge in [-0.1, -0.05) is 30.3 Å². The lowest BCUT2D eigenvalue weighted by Gasteiger charge is -2.04. The van der Waals surface area contributed by atoms with Crippen LogP contribution in [0.2, 0.25) is 0 Å². The topological polar surface area (TPSA) is 48.4 Å². The number of ether oxygens (including phenoxy) is 2. The van der Waals surface area contributed by atoms with Gasteiger partial charge in [0.25, 0.3) is 0 Å². The molecular formula is C23H15NO3. The normalized spacial score (nSPS) is 17.2. The summed E-state index contributed by atoms with van der Waals surface area (Å²) in [7, 11) is 1.62. The molecule has 0 saturated carbocycles. The van der Waals surface area contributed by atoms with E-state index in [0.717, 1.165) is 39.3 Å². The van der Waals surface area contributed by atoms with Crippen LogP contribution in [0.4, 0.5) is 0 Å². The third-order valence-corrected chi connectivity index (χ3v) is 4.87. The zero-order valence-corrected chi connectivity index (χ0v) is 14.6. The van der Waals surface area contributed by atoms with Gasteiger partial charge in [-0.2, -0.15) is 0 Å². The van der Waals surface area contributed by atoms with Gasteiger partial charge in [0.1, 0.15) is 11.5 Å². The molecule has 5 rings (SSSR count).